The average Bonchev–Trinajstić information content (AvgIpc) is 2.85. The van der Waals surface area contributed by atoms with E-state index < -0.39 is 0 Å². The predicted molar refractivity (Wildman–Crippen MR) is 61.9 cm³/mol. The van der Waals surface area contributed by atoms with Gasteiger partial charge in [-0.1, -0.05) is 0 Å². The summed E-state index contributed by atoms with van der Waals surface area (Å²) in [4.78, 5) is 6.43. The lowest BCUT2D eigenvalue weighted by molar-refractivity contribution is 0.0522. The van der Waals surface area contributed by atoms with E-state index in [-0.39, 0.29) is 5.71 Å². The van der Waals surface area contributed by atoms with E-state index in [1.807, 2.05) is 12.1 Å². The molecule has 0 bridgehead atoms. The summed E-state index contributed by atoms with van der Waals surface area (Å²) < 4.78 is 5.31. The first-order chi connectivity index (χ1) is 8.35. The van der Waals surface area contributed by atoms with Gasteiger partial charge in [0.1, 0.15) is 12.1 Å². The number of ether oxygens (including phenoxy) is 1. The predicted octanol–water partition coefficient (Wildman–Crippen LogP) is 1.20. The summed E-state index contributed by atoms with van der Waals surface area (Å²) in [5, 5.41) is 17.4. The Labute approximate surface area is 101 Å². The van der Waals surface area contributed by atoms with Gasteiger partial charge >= 0.3 is 0 Å². The minimum atomic E-state index is -0.0485. The number of hydrogen-bond acceptors (Lipinski definition) is 5. The third-order valence-electron chi connectivity index (χ3n) is 3.01. The van der Waals surface area contributed by atoms with Gasteiger partial charge in [0, 0.05) is 18.8 Å². The van der Waals surface area contributed by atoms with Crippen LogP contribution in [0.5, 0.6) is 0 Å². The molecule has 0 unspecified atom stereocenters. The van der Waals surface area contributed by atoms with E-state index in [4.69, 9.17) is 15.3 Å². The van der Waals surface area contributed by atoms with Crippen molar-refractivity contribution in [1.82, 2.24) is 4.90 Å². The van der Waals surface area contributed by atoms with Crippen LogP contribution in [0, 0.1) is 22.7 Å². The largest absolute Gasteiger partial charge is 0.378 e. The number of aliphatic imine (C=N–C) groups is 1. The zero-order valence-electron chi connectivity index (χ0n) is 9.65. The summed E-state index contributed by atoms with van der Waals surface area (Å²) in [5.74, 6) is 0. The fourth-order valence-corrected chi connectivity index (χ4v) is 2.22. The molecule has 17 heavy (non-hydrogen) atoms. The number of hydrogen-bond donors (Lipinski definition) is 0. The van der Waals surface area contributed by atoms with E-state index in [9.17, 15) is 0 Å². The van der Waals surface area contributed by atoms with Crippen LogP contribution in [0.15, 0.2) is 16.4 Å². The van der Waals surface area contributed by atoms with Gasteiger partial charge in [-0.2, -0.15) is 10.5 Å². The number of allylic oxidation sites excluding steroid dienone is 2. The van der Waals surface area contributed by atoms with Crippen molar-refractivity contribution in [1.29, 1.82) is 10.5 Å². The van der Waals surface area contributed by atoms with Crippen molar-refractivity contribution < 1.29 is 4.74 Å². The monoisotopic (exact) mass is 230 g/mol. The zero-order chi connectivity index (χ0) is 12.1. The Balaban J connectivity index is 2.21. The van der Waals surface area contributed by atoms with Crippen molar-refractivity contribution >= 4 is 5.71 Å². The third kappa shape index (κ3) is 2.64. The first-order valence-corrected chi connectivity index (χ1v) is 5.78. The van der Waals surface area contributed by atoms with E-state index in [1.165, 1.54) is 5.70 Å². The zero-order valence-corrected chi connectivity index (χ0v) is 9.65. The van der Waals surface area contributed by atoms with Crippen LogP contribution in [0.2, 0.25) is 0 Å². The summed E-state index contributed by atoms with van der Waals surface area (Å²) in [7, 11) is 0. The molecule has 0 atom stereocenters. The van der Waals surface area contributed by atoms with Crippen molar-refractivity contribution in [3.63, 3.8) is 0 Å². The lowest BCUT2D eigenvalue weighted by atomic mass is 10.3. The van der Waals surface area contributed by atoms with Crippen LogP contribution >= 0.6 is 0 Å². The van der Waals surface area contributed by atoms with E-state index >= 15 is 0 Å². The Bertz CT molecular complexity index is 416. The molecular weight excluding hydrogens is 216 g/mol. The molecule has 0 aromatic carbocycles. The molecule has 0 radical (unpaired) electrons. The molecule has 0 amide bonds. The third-order valence-corrected chi connectivity index (χ3v) is 3.01. The van der Waals surface area contributed by atoms with Gasteiger partial charge in [0.2, 0.25) is 5.71 Å². The lowest BCUT2D eigenvalue weighted by Crippen LogP contribution is -2.35. The minimum Gasteiger partial charge on any atom is -0.378 e. The maximum absolute atomic E-state index is 8.72. The maximum Gasteiger partial charge on any atom is 0.218 e. The van der Waals surface area contributed by atoms with Crippen LogP contribution in [-0.2, 0) is 4.74 Å². The second kappa shape index (κ2) is 5.47. The SMILES string of the molecule is N#CC(C#N)=NC1=C(N2CCOCC2)CCC1. The molecule has 5 nitrogen and oxygen atoms in total. The number of nitriles is 2. The molecule has 2 aliphatic rings. The number of nitrogens with zero attached hydrogens (tertiary/aromatic N) is 4. The summed E-state index contributed by atoms with van der Waals surface area (Å²) in [6, 6.07) is 3.63. The van der Waals surface area contributed by atoms with Crippen LogP contribution in [0.25, 0.3) is 0 Å². The molecule has 5 heteroatoms. The quantitative estimate of drug-likeness (QED) is 0.668. The number of morpholine rings is 1. The van der Waals surface area contributed by atoms with Gasteiger partial charge in [0.05, 0.1) is 18.9 Å². The fourth-order valence-electron chi connectivity index (χ4n) is 2.22. The van der Waals surface area contributed by atoms with Crippen LogP contribution in [0.4, 0.5) is 0 Å². The lowest BCUT2D eigenvalue weighted by Gasteiger charge is -2.30. The van der Waals surface area contributed by atoms with Crippen molar-refractivity contribution in [2.45, 2.75) is 19.3 Å². The van der Waals surface area contributed by atoms with Crippen LogP contribution in [0.1, 0.15) is 19.3 Å². The normalized spacial score (nSPS) is 19.8. The van der Waals surface area contributed by atoms with E-state index in [0.29, 0.717) is 0 Å². The van der Waals surface area contributed by atoms with Gasteiger partial charge in [0.25, 0.3) is 0 Å². The molecule has 0 spiro atoms. The van der Waals surface area contributed by atoms with E-state index in [1.54, 1.807) is 0 Å². The van der Waals surface area contributed by atoms with Gasteiger partial charge in [-0.05, 0) is 19.3 Å². The van der Waals surface area contributed by atoms with Crippen molar-refractivity contribution in [3.05, 3.63) is 11.4 Å². The van der Waals surface area contributed by atoms with Gasteiger partial charge in [-0.15, -0.1) is 0 Å². The summed E-state index contributed by atoms with van der Waals surface area (Å²) in [5.41, 5.74) is 2.05. The molecule has 0 aromatic heterocycles. The highest BCUT2D eigenvalue weighted by Gasteiger charge is 2.22. The summed E-state index contributed by atoms with van der Waals surface area (Å²) >= 11 is 0. The first-order valence-electron chi connectivity index (χ1n) is 5.78. The van der Waals surface area contributed by atoms with Gasteiger partial charge in [-0.25, -0.2) is 4.99 Å². The minimum absolute atomic E-state index is 0.0485. The molecule has 1 aliphatic heterocycles. The van der Waals surface area contributed by atoms with Crippen molar-refractivity contribution in [3.8, 4) is 12.1 Å². The Morgan fingerprint density at radius 1 is 1.18 bits per heavy atom. The Hall–Kier alpha value is -1.85. The van der Waals surface area contributed by atoms with E-state index in [0.717, 1.165) is 51.3 Å². The standard InChI is InChI=1S/C12H14N4O/c13-8-10(9-14)15-11-2-1-3-12(11)16-4-6-17-7-5-16/h1-7H2. The molecule has 0 aromatic rings. The van der Waals surface area contributed by atoms with Crippen LogP contribution in [-0.4, -0.2) is 36.9 Å². The molecular formula is C12H14N4O. The Kier molecular flexibility index (Phi) is 3.74. The molecule has 0 N–H and O–H groups in total. The molecule has 1 fully saturated rings. The molecule has 1 aliphatic carbocycles. The highest BCUT2D eigenvalue weighted by atomic mass is 16.5. The Morgan fingerprint density at radius 3 is 2.53 bits per heavy atom. The van der Waals surface area contributed by atoms with Crippen LogP contribution < -0.4 is 0 Å². The smallest absolute Gasteiger partial charge is 0.218 e. The molecule has 2 rings (SSSR count). The number of rotatable bonds is 2. The second-order valence-electron chi connectivity index (χ2n) is 4.03. The van der Waals surface area contributed by atoms with Crippen molar-refractivity contribution in [2.75, 3.05) is 26.3 Å². The van der Waals surface area contributed by atoms with Gasteiger partial charge in [-0.3, -0.25) is 0 Å². The van der Waals surface area contributed by atoms with Crippen molar-refractivity contribution in [2.24, 2.45) is 4.99 Å². The average molecular weight is 230 g/mol. The molecule has 1 saturated heterocycles. The van der Waals surface area contributed by atoms with E-state index in [2.05, 4.69) is 9.89 Å². The summed E-state index contributed by atoms with van der Waals surface area (Å²) in [6.45, 7) is 3.24. The Morgan fingerprint density at radius 2 is 1.88 bits per heavy atom. The molecule has 0 saturated carbocycles. The molecule has 88 valence electrons. The highest BCUT2D eigenvalue weighted by Crippen LogP contribution is 2.30. The topological polar surface area (TPSA) is 72.4 Å². The first kappa shape index (κ1) is 11.6. The maximum atomic E-state index is 8.72. The van der Waals surface area contributed by atoms with Crippen LogP contribution in [0.3, 0.4) is 0 Å². The van der Waals surface area contributed by atoms with Gasteiger partial charge in [0.15, 0.2) is 0 Å². The molecule has 1 heterocycles. The highest BCUT2D eigenvalue weighted by molar-refractivity contribution is 6.10. The second-order valence-corrected chi connectivity index (χ2v) is 4.03. The van der Waals surface area contributed by atoms with Gasteiger partial charge < -0.3 is 9.64 Å². The fraction of sp³-hybridized carbons (Fsp3) is 0.583. The summed E-state index contributed by atoms with van der Waals surface area (Å²) in [6.07, 6.45) is 2.90.